The molecule has 1 aliphatic rings. The minimum atomic E-state index is -0.385. The maximum Gasteiger partial charge on any atom is 0.269 e. The first-order chi connectivity index (χ1) is 9.70. The van der Waals surface area contributed by atoms with Crippen molar-refractivity contribution in [3.05, 3.63) is 51.3 Å². The van der Waals surface area contributed by atoms with Gasteiger partial charge in [-0.3, -0.25) is 10.1 Å². The average molecular weight is 272 g/mol. The predicted octanol–water partition coefficient (Wildman–Crippen LogP) is 1.99. The van der Waals surface area contributed by atoms with E-state index in [0.717, 1.165) is 37.3 Å². The van der Waals surface area contributed by atoms with Crippen LogP contribution in [0.2, 0.25) is 0 Å². The molecule has 6 nitrogen and oxygen atoms in total. The Bertz CT molecular complexity index is 646. The van der Waals surface area contributed by atoms with Crippen LogP contribution in [-0.2, 0) is 19.4 Å². The summed E-state index contributed by atoms with van der Waals surface area (Å²) < 4.78 is 1.93. The highest BCUT2D eigenvalue weighted by Gasteiger charge is 2.20. The molecule has 0 saturated heterocycles. The van der Waals surface area contributed by atoms with Crippen molar-refractivity contribution in [2.75, 3.05) is 6.54 Å². The molecule has 0 amide bonds. The molecule has 104 valence electrons. The fourth-order valence-corrected chi connectivity index (χ4v) is 2.63. The normalized spacial score (nSPS) is 14.1. The van der Waals surface area contributed by atoms with Crippen LogP contribution in [0.1, 0.15) is 23.9 Å². The number of rotatable bonds is 3. The van der Waals surface area contributed by atoms with Gasteiger partial charge in [-0.2, -0.15) is 5.10 Å². The zero-order chi connectivity index (χ0) is 14.1. The molecular weight excluding hydrogens is 256 g/mol. The number of nitrogens with one attached hydrogen (secondary N) is 1. The first-order valence-corrected chi connectivity index (χ1v) is 6.76. The third kappa shape index (κ3) is 2.08. The highest BCUT2D eigenvalue weighted by atomic mass is 16.6. The first kappa shape index (κ1) is 12.8. The number of nitrogens with zero attached hydrogens (tertiary/aromatic N) is 3. The summed E-state index contributed by atoms with van der Waals surface area (Å²) in [5.74, 6) is 0. The molecule has 1 N–H and O–H groups in total. The first-order valence-electron chi connectivity index (χ1n) is 6.76. The van der Waals surface area contributed by atoms with Gasteiger partial charge in [0.2, 0.25) is 0 Å². The molecule has 0 atom stereocenters. The molecule has 0 saturated carbocycles. The molecule has 20 heavy (non-hydrogen) atoms. The predicted molar refractivity (Wildman–Crippen MR) is 75.0 cm³/mol. The van der Waals surface area contributed by atoms with E-state index in [9.17, 15) is 10.1 Å². The summed E-state index contributed by atoms with van der Waals surface area (Å²) in [7, 11) is 0. The Morgan fingerprint density at radius 1 is 1.40 bits per heavy atom. The highest BCUT2D eigenvalue weighted by Crippen LogP contribution is 2.23. The monoisotopic (exact) mass is 272 g/mol. The zero-order valence-electron chi connectivity index (χ0n) is 11.3. The molecule has 0 radical (unpaired) electrons. The van der Waals surface area contributed by atoms with Crippen molar-refractivity contribution in [2.45, 2.75) is 26.3 Å². The van der Waals surface area contributed by atoms with Gasteiger partial charge < -0.3 is 5.32 Å². The van der Waals surface area contributed by atoms with Crippen LogP contribution in [0.5, 0.6) is 0 Å². The Morgan fingerprint density at radius 3 is 2.80 bits per heavy atom. The average Bonchev–Trinajstić information content (AvgIpc) is 2.86. The van der Waals surface area contributed by atoms with Crippen LogP contribution in [0.25, 0.3) is 5.69 Å². The van der Waals surface area contributed by atoms with Crippen LogP contribution in [0.3, 0.4) is 0 Å². The third-order valence-electron chi connectivity index (χ3n) is 3.65. The molecule has 1 aromatic heterocycles. The van der Waals surface area contributed by atoms with Crippen molar-refractivity contribution in [2.24, 2.45) is 0 Å². The minimum absolute atomic E-state index is 0.104. The maximum atomic E-state index is 10.7. The van der Waals surface area contributed by atoms with Gasteiger partial charge in [-0.05, 0) is 18.6 Å². The van der Waals surface area contributed by atoms with Crippen molar-refractivity contribution in [1.29, 1.82) is 0 Å². The van der Waals surface area contributed by atoms with E-state index in [-0.39, 0.29) is 10.6 Å². The summed E-state index contributed by atoms with van der Waals surface area (Å²) in [5.41, 5.74) is 4.58. The van der Waals surface area contributed by atoms with E-state index in [1.165, 1.54) is 23.4 Å². The summed E-state index contributed by atoms with van der Waals surface area (Å²) in [6.07, 6.45) is 1.82. The molecule has 3 rings (SSSR count). The van der Waals surface area contributed by atoms with Crippen LogP contribution in [0, 0.1) is 10.1 Å². The van der Waals surface area contributed by atoms with E-state index in [0.29, 0.717) is 0 Å². The van der Waals surface area contributed by atoms with E-state index in [1.807, 2.05) is 4.68 Å². The lowest BCUT2D eigenvalue weighted by Gasteiger charge is -2.15. The van der Waals surface area contributed by atoms with E-state index in [2.05, 4.69) is 17.3 Å². The quantitative estimate of drug-likeness (QED) is 0.685. The number of aryl methyl sites for hydroxylation is 1. The van der Waals surface area contributed by atoms with Gasteiger partial charge in [0.25, 0.3) is 5.69 Å². The lowest BCUT2D eigenvalue weighted by Crippen LogP contribution is -2.24. The zero-order valence-corrected chi connectivity index (χ0v) is 11.3. The molecular formula is C14H16N4O2. The Hall–Kier alpha value is -2.21. The summed E-state index contributed by atoms with van der Waals surface area (Å²) in [6.45, 7) is 3.89. The second-order valence-electron chi connectivity index (χ2n) is 4.84. The summed E-state index contributed by atoms with van der Waals surface area (Å²) in [6, 6.07) is 6.56. The van der Waals surface area contributed by atoms with Crippen molar-refractivity contribution >= 4 is 5.69 Å². The van der Waals surface area contributed by atoms with Crippen molar-refractivity contribution < 1.29 is 4.92 Å². The number of non-ortho nitro benzene ring substituents is 1. The van der Waals surface area contributed by atoms with Crippen molar-refractivity contribution in [1.82, 2.24) is 15.1 Å². The highest BCUT2D eigenvalue weighted by molar-refractivity contribution is 5.43. The second kappa shape index (κ2) is 5.05. The fourth-order valence-electron chi connectivity index (χ4n) is 2.63. The number of hydrogen-bond acceptors (Lipinski definition) is 4. The minimum Gasteiger partial charge on any atom is -0.312 e. The topological polar surface area (TPSA) is 73.0 Å². The van der Waals surface area contributed by atoms with E-state index < -0.39 is 0 Å². The Labute approximate surface area is 116 Å². The maximum absolute atomic E-state index is 10.7. The summed E-state index contributed by atoms with van der Waals surface area (Å²) in [5, 5.41) is 18.7. The van der Waals surface area contributed by atoms with Gasteiger partial charge >= 0.3 is 0 Å². The number of aromatic nitrogens is 2. The second-order valence-corrected chi connectivity index (χ2v) is 4.84. The summed E-state index contributed by atoms with van der Waals surface area (Å²) in [4.78, 5) is 10.3. The van der Waals surface area contributed by atoms with Gasteiger partial charge in [-0.15, -0.1) is 0 Å². The molecule has 2 heterocycles. The number of fused-ring (bicyclic) bond motifs is 1. The number of benzene rings is 1. The van der Waals surface area contributed by atoms with E-state index in [4.69, 9.17) is 0 Å². The molecule has 0 bridgehead atoms. The Morgan fingerprint density at radius 2 is 2.15 bits per heavy atom. The molecule has 2 aromatic rings. The van der Waals surface area contributed by atoms with Crippen LogP contribution in [-0.4, -0.2) is 21.2 Å². The molecule has 0 unspecified atom stereocenters. The van der Waals surface area contributed by atoms with Crippen LogP contribution in [0.4, 0.5) is 5.69 Å². The lowest BCUT2D eigenvalue weighted by atomic mass is 10.1. The fraction of sp³-hybridized carbons (Fsp3) is 0.357. The van der Waals surface area contributed by atoms with Gasteiger partial charge in [-0.1, -0.05) is 6.92 Å². The number of nitro groups is 1. The molecule has 1 aliphatic heterocycles. The molecule has 0 aliphatic carbocycles. The largest absolute Gasteiger partial charge is 0.312 e. The van der Waals surface area contributed by atoms with Crippen LogP contribution >= 0.6 is 0 Å². The number of hydrogen-bond donors (Lipinski definition) is 1. The standard InChI is InChI=1S/C14H16N4O2/c1-2-13-12-9-15-8-7-14(12)17(16-13)10-3-5-11(6-4-10)18(19)20/h3-6,15H,2,7-9H2,1H3. The van der Waals surface area contributed by atoms with Crippen LogP contribution in [0.15, 0.2) is 24.3 Å². The van der Waals surface area contributed by atoms with Gasteiger partial charge in [0.1, 0.15) is 0 Å². The Kier molecular flexibility index (Phi) is 3.23. The molecule has 0 fully saturated rings. The van der Waals surface area contributed by atoms with Gasteiger partial charge in [-0.25, -0.2) is 4.68 Å². The number of nitro benzene ring substituents is 1. The Balaban J connectivity index is 2.05. The lowest BCUT2D eigenvalue weighted by molar-refractivity contribution is -0.384. The van der Waals surface area contributed by atoms with Crippen molar-refractivity contribution in [3.8, 4) is 5.69 Å². The van der Waals surface area contributed by atoms with E-state index >= 15 is 0 Å². The van der Waals surface area contributed by atoms with E-state index in [1.54, 1.807) is 12.1 Å². The van der Waals surface area contributed by atoms with Gasteiger partial charge in [0.15, 0.2) is 0 Å². The van der Waals surface area contributed by atoms with Crippen LogP contribution < -0.4 is 5.32 Å². The SMILES string of the molecule is CCc1nn(-c2ccc([N+](=O)[O-])cc2)c2c1CNCC2. The third-order valence-corrected chi connectivity index (χ3v) is 3.65. The molecule has 6 heteroatoms. The molecule has 1 aromatic carbocycles. The molecule has 0 spiro atoms. The van der Waals surface area contributed by atoms with Gasteiger partial charge in [0, 0.05) is 37.2 Å². The van der Waals surface area contributed by atoms with Crippen molar-refractivity contribution in [3.63, 3.8) is 0 Å². The smallest absolute Gasteiger partial charge is 0.269 e. The van der Waals surface area contributed by atoms with Gasteiger partial charge in [0.05, 0.1) is 22.0 Å². The summed E-state index contributed by atoms with van der Waals surface area (Å²) >= 11 is 0.